The summed E-state index contributed by atoms with van der Waals surface area (Å²) in [5, 5.41) is 11.3. The van der Waals surface area contributed by atoms with E-state index in [9.17, 15) is 0 Å². The fraction of sp³-hybridized carbons (Fsp3) is 0.467. The minimum absolute atomic E-state index is 0.365. The van der Waals surface area contributed by atoms with Crippen LogP contribution >= 0.6 is 0 Å². The van der Waals surface area contributed by atoms with Gasteiger partial charge < -0.3 is 10.1 Å². The van der Waals surface area contributed by atoms with Crippen LogP contribution in [0.1, 0.15) is 37.6 Å². The van der Waals surface area contributed by atoms with E-state index in [0.29, 0.717) is 12.6 Å². The Balaban J connectivity index is 1.87. The van der Waals surface area contributed by atoms with Crippen LogP contribution < -0.4 is 10.1 Å². The molecular formula is C15H22N4O. The number of hydrogen-bond acceptors (Lipinski definition) is 4. The van der Waals surface area contributed by atoms with Gasteiger partial charge in [0.05, 0.1) is 6.20 Å². The van der Waals surface area contributed by atoms with Gasteiger partial charge in [-0.2, -0.15) is 0 Å². The summed E-state index contributed by atoms with van der Waals surface area (Å²) >= 11 is 0. The largest absolute Gasteiger partial charge is 0.487 e. The fourth-order valence-electron chi connectivity index (χ4n) is 1.95. The molecule has 1 N–H and O–H groups in total. The molecule has 20 heavy (non-hydrogen) atoms. The van der Waals surface area contributed by atoms with Crippen molar-refractivity contribution in [3.05, 3.63) is 41.7 Å². The number of rotatable bonds is 7. The molecule has 1 aromatic heterocycles. The van der Waals surface area contributed by atoms with Crippen LogP contribution in [-0.2, 0) is 13.7 Å². The van der Waals surface area contributed by atoms with Crippen molar-refractivity contribution in [1.29, 1.82) is 0 Å². The van der Waals surface area contributed by atoms with Gasteiger partial charge in [-0.3, -0.25) is 4.68 Å². The van der Waals surface area contributed by atoms with E-state index >= 15 is 0 Å². The van der Waals surface area contributed by atoms with Gasteiger partial charge in [0.15, 0.2) is 0 Å². The summed E-state index contributed by atoms with van der Waals surface area (Å²) in [5.41, 5.74) is 2.10. The molecule has 0 aliphatic carbocycles. The van der Waals surface area contributed by atoms with Crippen LogP contribution in [0, 0.1) is 0 Å². The summed E-state index contributed by atoms with van der Waals surface area (Å²) in [6.45, 7) is 5.82. The van der Waals surface area contributed by atoms with Crippen molar-refractivity contribution in [3.63, 3.8) is 0 Å². The second kappa shape index (κ2) is 7.05. The van der Waals surface area contributed by atoms with E-state index < -0.39 is 0 Å². The van der Waals surface area contributed by atoms with Crippen molar-refractivity contribution < 1.29 is 4.74 Å². The highest BCUT2D eigenvalue weighted by atomic mass is 16.5. The van der Waals surface area contributed by atoms with Gasteiger partial charge in [-0.1, -0.05) is 24.3 Å². The molecule has 0 saturated heterocycles. The van der Waals surface area contributed by atoms with Gasteiger partial charge in [-0.15, -0.1) is 5.10 Å². The molecule has 0 aliphatic rings. The molecule has 1 aromatic carbocycles. The highest BCUT2D eigenvalue weighted by Crippen LogP contribution is 2.18. The van der Waals surface area contributed by atoms with Crippen LogP contribution in [-0.4, -0.2) is 21.5 Å². The average molecular weight is 274 g/mol. The maximum absolute atomic E-state index is 5.69. The second-order valence-corrected chi connectivity index (χ2v) is 4.92. The monoisotopic (exact) mass is 274 g/mol. The lowest BCUT2D eigenvalue weighted by molar-refractivity contribution is 0.301. The molecular weight excluding hydrogens is 252 g/mol. The molecule has 0 spiro atoms. The van der Waals surface area contributed by atoms with Crippen molar-refractivity contribution in [3.8, 4) is 5.75 Å². The fourth-order valence-corrected chi connectivity index (χ4v) is 1.95. The Kier molecular flexibility index (Phi) is 5.12. The zero-order valence-electron chi connectivity index (χ0n) is 12.3. The molecule has 0 radical (unpaired) electrons. The molecule has 0 fully saturated rings. The number of benzene rings is 1. The molecule has 0 saturated carbocycles. The number of nitrogens with one attached hydrogen (secondary N) is 1. The van der Waals surface area contributed by atoms with Gasteiger partial charge in [0.2, 0.25) is 0 Å². The van der Waals surface area contributed by atoms with Crippen LogP contribution in [0.2, 0.25) is 0 Å². The lowest BCUT2D eigenvalue weighted by atomic mass is 10.1. The van der Waals surface area contributed by atoms with E-state index in [-0.39, 0.29) is 0 Å². The summed E-state index contributed by atoms with van der Waals surface area (Å²) in [5.74, 6) is 0.849. The zero-order valence-corrected chi connectivity index (χ0v) is 12.3. The molecule has 2 rings (SSSR count). The molecule has 0 aliphatic heterocycles. The minimum Gasteiger partial charge on any atom is -0.487 e. The van der Waals surface area contributed by atoms with Gasteiger partial charge in [-0.05, 0) is 37.6 Å². The standard InChI is InChI=1S/C15H22N4O/c1-4-9-16-12(2)13-5-7-15(8-6-13)20-11-14-10-19(3)18-17-14/h5-8,10,12,16H,4,9,11H2,1-3H3. The highest BCUT2D eigenvalue weighted by molar-refractivity contribution is 5.29. The summed E-state index contributed by atoms with van der Waals surface area (Å²) < 4.78 is 7.35. The Morgan fingerprint density at radius 1 is 1.30 bits per heavy atom. The number of aryl methyl sites for hydroxylation is 1. The highest BCUT2D eigenvalue weighted by Gasteiger charge is 2.05. The first-order valence-corrected chi connectivity index (χ1v) is 7.00. The van der Waals surface area contributed by atoms with Gasteiger partial charge in [-0.25, -0.2) is 0 Å². The van der Waals surface area contributed by atoms with Gasteiger partial charge >= 0.3 is 0 Å². The number of nitrogens with zero attached hydrogens (tertiary/aromatic N) is 3. The number of ether oxygens (including phenoxy) is 1. The van der Waals surface area contributed by atoms with Crippen LogP contribution in [0.15, 0.2) is 30.5 Å². The summed E-state index contributed by atoms with van der Waals surface area (Å²) in [7, 11) is 1.84. The van der Waals surface area contributed by atoms with Crippen molar-refractivity contribution in [2.24, 2.45) is 7.05 Å². The third-order valence-corrected chi connectivity index (χ3v) is 3.12. The van der Waals surface area contributed by atoms with Crippen LogP contribution in [0.3, 0.4) is 0 Å². The predicted molar refractivity (Wildman–Crippen MR) is 78.5 cm³/mol. The van der Waals surface area contributed by atoms with Gasteiger partial charge in [0.1, 0.15) is 18.1 Å². The minimum atomic E-state index is 0.365. The Morgan fingerprint density at radius 2 is 2.05 bits per heavy atom. The Morgan fingerprint density at radius 3 is 2.65 bits per heavy atom. The maximum Gasteiger partial charge on any atom is 0.134 e. The molecule has 1 heterocycles. The van der Waals surface area contributed by atoms with Crippen LogP contribution in [0.5, 0.6) is 5.75 Å². The van der Waals surface area contributed by atoms with E-state index in [1.54, 1.807) is 4.68 Å². The van der Waals surface area contributed by atoms with Crippen molar-refractivity contribution in [2.75, 3.05) is 6.54 Å². The first-order valence-electron chi connectivity index (χ1n) is 7.00. The molecule has 0 amide bonds. The molecule has 5 nitrogen and oxygen atoms in total. The van der Waals surface area contributed by atoms with E-state index in [0.717, 1.165) is 24.4 Å². The van der Waals surface area contributed by atoms with Gasteiger partial charge in [0, 0.05) is 13.1 Å². The first-order chi connectivity index (χ1) is 9.69. The summed E-state index contributed by atoms with van der Waals surface area (Å²) in [6.07, 6.45) is 2.99. The summed E-state index contributed by atoms with van der Waals surface area (Å²) in [4.78, 5) is 0. The summed E-state index contributed by atoms with van der Waals surface area (Å²) in [6, 6.07) is 8.55. The van der Waals surface area contributed by atoms with Crippen molar-refractivity contribution in [1.82, 2.24) is 20.3 Å². The van der Waals surface area contributed by atoms with E-state index in [1.165, 1.54) is 5.56 Å². The Labute approximate surface area is 120 Å². The number of hydrogen-bond donors (Lipinski definition) is 1. The average Bonchev–Trinajstić information content (AvgIpc) is 2.89. The normalized spacial score (nSPS) is 12.3. The number of aromatic nitrogens is 3. The lowest BCUT2D eigenvalue weighted by Gasteiger charge is -2.14. The Bertz CT molecular complexity index is 521. The van der Waals surface area contributed by atoms with E-state index in [4.69, 9.17) is 4.74 Å². The zero-order chi connectivity index (χ0) is 14.4. The Hall–Kier alpha value is -1.88. The van der Waals surface area contributed by atoms with Crippen molar-refractivity contribution in [2.45, 2.75) is 32.9 Å². The SMILES string of the molecule is CCCNC(C)c1ccc(OCc2cn(C)nn2)cc1. The van der Waals surface area contributed by atoms with Crippen molar-refractivity contribution >= 4 is 0 Å². The van der Waals surface area contributed by atoms with E-state index in [1.807, 2.05) is 25.4 Å². The molecule has 2 aromatic rings. The van der Waals surface area contributed by atoms with E-state index in [2.05, 4.69) is 41.6 Å². The van der Waals surface area contributed by atoms with Gasteiger partial charge in [0.25, 0.3) is 0 Å². The third kappa shape index (κ3) is 4.06. The smallest absolute Gasteiger partial charge is 0.134 e. The quantitative estimate of drug-likeness (QED) is 0.842. The molecule has 1 unspecified atom stereocenters. The first kappa shape index (κ1) is 14.5. The topological polar surface area (TPSA) is 52.0 Å². The van der Waals surface area contributed by atoms with Crippen LogP contribution in [0.25, 0.3) is 0 Å². The third-order valence-electron chi connectivity index (χ3n) is 3.12. The molecule has 1 atom stereocenters. The molecule has 5 heteroatoms. The molecule has 0 bridgehead atoms. The maximum atomic E-state index is 5.69. The second-order valence-electron chi connectivity index (χ2n) is 4.92. The molecule has 108 valence electrons. The lowest BCUT2D eigenvalue weighted by Crippen LogP contribution is -2.19. The predicted octanol–water partition coefficient (Wildman–Crippen LogP) is 2.45. The van der Waals surface area contributed by atoms with Crippen LogP contribution in [0.4, 0.5) is 0 Å².